The molecule has 0 saturated carbocycles. The molecular weight excluding hydrogens is 185 g/mol. The van der Waals surface area contributed by atoms with Crippen molar-refractivity contribution in [2.24, 2.45) is 5.73 Å². The molecule has 0 heterocycles. The summed E-state index contributed by atoms with van der Waals surface area (Å²) in [6.07, 6.45) is 2.60. The summed E-state index contributed by atoms with van der Waals surface area (Å²) in [6.45, 7) is 0. The van der Waals surface area contributed by atoms with E-state index in [4.69, 9.17) is 10.5 Å². The molecule has 3 nitrogen and oxygen atoms in total. The molecule has 0 unspecified atom stereocenters. The molecule has 0 saturated heterocycles. The topological polar surface area (TPSA) is 52.3 Å². The number of hydrogen-bond donors (Lipinski definition) is 1. The minimum Gasteiger partial charge on any atom is -0.494 e. The Morgan fingerprint density at radius 3 is 2.79 bits per heavy atom. The molecule has 0 aromatic heterocycles. The van der Waals surface area contributed by atoms with Crippen molar-refractivity contribution in [3.8, 4) is 5.75 Å². The van der Waals surface area contributed by atoms with Crippen LogP contribution in [0, 0.1) is 5.82 Å². The van der Waals surface area contributed by atoms with E-state index in [0.29, 0.717) is 5.56 Å². The van der Waals surface area contributed by atoms with Gasteiger partial charge in [0.2, 0.25) is 5.91 Å². The number of primary amides is 1. The van der Waals surface area contributed by atoms with Crippen molar-refractivity contribution in [3.05, 3.63) is 35.7 Å². The third-order valence-electron chi connectivity index (χ3n) is 1.62. The van der Waals surface area contributed by atoms with Crippen molar-refractivity contribution < 1.29 is 13.9 Å². The maximum absolute atomic E-state index is 13.1. The van der Waals surface area contributed by atoms with Crippen molar-refractivity contribution in [3.63, 3.8) is 0 Å². The quantitative estimate of drug-likeness (QED) is 0.740. The van der Waals surface area contributed by atoms with Crippen LogP contribution in [0.15, 0.2) is 24.3 Å². The van der Waals surface area contributed by atoms with Crippen molar-refractivity contribution in [1.82, 2.24) is 0 Å². The number of hydrogen-bond acceptors (Lipinski definition) is 2. The summed E-state index contributed by atoms with van der Waals surface area (Å²) in [5.41, 5.74) is 5.45. The number of amides is 1. The maximum atomic E-state index is 13.1. The second-order valence-electron chi connectivity index (χ2n) is 2.63. The van der Waals surface area contributed by atoms with Gasteiger partial charge in [-0.2, -0.15) is 0 Å². The number of methoxy groups -OCH3 is 1. The number of carbonyl (C=O) groups is 1. The molecule has 74 valence electrons. The number of ether oxygens (including phenoxy) is 1. The average molecular weight is 195 g/mol. The van der Waals surface area contributed by atoms with Gasteiger partial charge in [-0.15, -0.1) is 0 Å². The zero-order chi connectivity index (χ0) is 10.6. The van der Waals surface area contributed by atoms with E-state index in [0.717, 1.165) is 0 Å². The average Bonchev–Trinajstić information content (AvgIpc) is 2.15. The van der Waals surface area contributed by atoms with E-state index < -0.39 is 11.7 Å². The van der Waals surface area contributed by atoms with Gasteiger partial charge in [-0.25, -0.2) is 4.39 Å². The molecule has 1 rings (SSSR count). The summed E-state index contributed by atoms with van der Waals surface area (Å²) >= 11 is 0. The normalized spacial score (nSPS) is 10.4. The minimum atomic E-state index is -0.568. The second kappa shape index (κ2) is 4.41. The van der Waals surface area contributed by atoms with Crippen LogP contribution in [0.5, 0.6) is 5.75 Å². The van der Waals surface area contributed by atoms with E-state index in [-0.39, 0.29) is 5.75 Å². The standard InChI is InChI=1S/C10H10FNO2/c1-14-9-4-2-7(6-8(9)11)3-5-10(12)13/h2-6H,1H3,(H2,12,13)/b5-3+. The largest absolute Gasteiger partial charge is 0.494 e. The molecule has 0 aliphatic rings. The van der Waals surface area contributed by atoms with Gasteiger partial charge in [0.05, 0.1) is 7.11 Å². The fourth-order valence-electron chi connectivity index (χ4n) is 0.965. The van der Waals surface area contributed by atoms with Crippen LogP contribution in [-0.4, -0.2) is 13.0 Å². The highest BCUT2D eigenvalue weighted by atomic mass is 19.1. The smallest absolute Gasteiger partial charge is 0.241 e. The fourth-order valence-corrected chi connectivity index (χ4v) is 0.965. The Kier molecular flexibility index (Phi) is 3.23. The van der Waals surface area contributed by atoms with Crippen LogP contribution in [0.1, 0.15) is 5.56 Å². The lowest BCUT2D eigenvalue weighted by atomic mass is 10.2. The van der Waals surface area contributed by atoms with Crippen molar-refractivity contribution in [1.29, 1.82) is 0 Å². The summed E-state index contributed by atoms with van der Waals surface area (Å²) in [6, 6.07) is 4.37. The summed E-state index contributed by atoms with van der Waals surface area (Å²) in [5.74, 6) is -0.874. The maximum Gasteiger partial charge on any atom is 0.241 e. The second-order valence-corrected chi connectivity index (χ2v) is 2.63. The number of nitrogens with two attached hydrogens (primary N) is 1. The van der Waals surface area contributed by atoms with Gasteiger partial charge in [0.1, 0.15) is 0 Å². The lowest BCUT2D eigenvalue weighted by Gasteiger charge is -2.01. The highest BCUT2D eigenvalue weighted by Gasteiger charge is 2.01. The Balaban J connectivity index is 2.91. The summed E-state index contributed by atoms with van der Waals surface area (Å²) in [5, 5.41) is 0. The number of carbonyl (C=O) groups excluding carboxylic acids is 1. The van der Waals surface area contributed by atoms with Crippen molar-refractivity contribution >= 4 is 12.0 Å². The number of halogens is 1. The zero-order valence-electron chi connectivity index (χ0n) is 7.66. The van der Waals surface area contributed by atoms with E-state index in [2.05, 4.69) is 0 Å². The third kappa shape index (κ3) is 2.58. The highest BCUT2D eigenvalue weighted by Crippen LogP contribution is 2.18. The molecule has 0 radical (unpaired) electrons. The molecule has 14 heavy (non-hydrogen) atoms. The first-order chi connectivity index (χ1) is 6.63. The summed E-state index contributed by atoms with van der Waals surface area (Å²) in [4.78, 5) is 10.4. The van der Waals surface area contributed by atoms with E-state index in [9.17, 15) is 9.18 Å². The Labute approximate surface area is 81.0 Å². The summed E-state index contributed by atoms with van der Waals surface area (Å²) in [7, 11) is 1.39. The molecule has 0 spiro atoms. The van der Waals surface area contributed by atoms with Crippen LogP contribution in [0.25, 0.3) is 6.08 Å². The molecule has 0 atom stereocenters. The van der Waals surface area contributed by atoms with Crippen LogP contribution in [0.3, 0.4) is 0 Å². The van der Waals surface area contributed by atoms with Crippen molar-refractivity contribution in [2.75, 3.05) is 7.11 Å². The van der Waals surface area contributed by atoms with Crippen LogP contribution < -0.4 is 10.5 Å². The van der Waals surface area contributed by atoms with Gasteiger partial charge < -0.3 is 10.5 Å². The first-order valence-corrected chi connectivity index (χ1v) is 3.94. The molecule has 0 aliphatic carbocycles. The van der Waals surface area contributed by atoms with Gasteiger partial charge >= 0.3 is 0 Å². The van der Waals surface area contributed by atoms with E-state index in [1.165, 1.54) is 31.4 Å². The van der Waals surface area contributed by atoms with Crippen LogP contribution in [0.4, 0.5) is 4.39 Å². The van der Waals surface area contributed by atoms with Gasteiger partial charge in [-0.3, -0.25) is 4.79 Å². The lowest BCUT2D eigenvalue weighted by molar-refractivity contribution is -0.113. The van der Waals surface area contributed by atoms with Crippen LogP contribution >= 0.6 is 0 Å². The predicted octanol–water partition coefficient (Wildman–Crippen LogP) is 1.33. The molecular formula is C10H10FNO2. The van der Waals surface area contributed by atoms with Gasteiger partial charge in [0, 0.05) is 6.08 Å². The molecule has 1 aromatic rings. The van der Waals surface area contributed by atoms with Gasteiger partial charge in [-0.1, -0.05) is 6.07 Å². The van der Waals surface area contributed by atoms with Crippen LogP contribution in [-0.2, 0) is 4.79 Å². The molecule has 0 aliphatic heterocycles. The van der Waals surface area contributed by atoms with E-state index in [1.54, 1.807) is 6.07 Å². The first-order valence-electron chi connectivity index (χ1n) is 3.94. The summed E-state index contributed by atoms with van der Waals surface area (Å²) < 4.78 is 17.8. The van der Waals surface area contributed by atoms with E-state index >= 15 is 0 Å². The van der Waals surface area contributed by atoms with Crippen molar-refractivity contribution in [2.45, 2.75) is 0 Å². The van der Waals surface area contributed by atoms with E-state index in [1.807, 2.05) is 0 Å². The Bertz CT molecular complexity index is 374. The Morgan fingerprint density at radius 2 is 2.29 bits per heavy atom. The Hall–Kier alpha value is -1.84. The molecule has 0 bridgehead atoms. The molecule has 4 heteroatoms. The Morgan fingerprint density at radius 1 is 1.57 bits per heavy atom. The number of rotatable bonds is 3. The molecule has 2 N–H and O–H groups in total. The monoisotopic (exact) mass is 195 g/mol. The fraction of sp³-hybridized carbons (Fsp3) is 0.100. The predicted molar refractivity (Wildman–Crippen MR) is 51.2 cm³/mol. The molecule has 1 amide bonds. The minimum absolute atomic E-state index is 0.168. The SMILES string of the molecule is COc1ccc(/C=C/C(N)=O)cc1F. The number of benzene rings is 1. The highest BCUT2D eigenvalue weighted by molar-refractivity contribution is 5.90. The van der Waals surface area contributed by atoms with Gasteiger partial charge in [0.25, 0.3) is 0 Å². The van der Waals surface area contributed by atoms with Gasteiger partial charge in [-0.05, 0) is 23.8 Å². The molecule has 0 fully saturated rings. The lowest BCUT2D eigenvalue weighted by Crippen LogP contribution is -2.05. The van der Waals surface area contributed by atoms with Gasteiger partial charge in [0.15, 0.2) is 11.6 Å². The zero-order valence-corrected chi connectivity index (χ0v) is 7.66. The first kappa shape index (κ1) is 10.2. The molecule has 1 aromatic carbocycles. The van der Waals surface area contributed by atoms with Crippen LogP contribution in [0.2, 0.25) is 0 Å². The third-order valence-corrected chi connectivity index (χ3v) is 1.62.